The van der Waals surface area contributed by atoms with Crippen LogP contribution in [-0.4, -0.2) is 50.5 Å². The van der Waals surface area contributed by atoms with Crippen molar-refractivity contribution in [3.63, 3.8) is 0 Å². The highest BCUT2D eigenvalue weighted by Crippen LogP contribution is 2.24. The van der Waals surface area contributed by atoms with E-state index in [1.165, 1.54) is 0 Å². The Bertz CT molecular complexity index is 759. The number of rotatable bonds is 8. The average molecular weight is 355 g/mol. The Morgan fingerprint density at radius 3 is 2.38 bits per heavy atom. The summed E-state index contributed by atoms with van der Waals surface area (Å²) in [7, 11) is 3.88. The van der Waals surface area contributed by atoms with Gasteiger partial charge in [-0.1, -0.05) is 18.2 Å². The first kappa shape index (κ1) is 19.5. The van der Waals surface area contributed by atoms with Crippen LogP contribution in [0.2, 0.25) is 0 Å². The molecular weight excluding hydrogens is 330 g/mol. The molecule has 0 aliphatic heterocycles. The molecule has 0 aliphatic carbocycles. The van der Waals surface area contributed by atoms with Crippen molar-refractivity contribution in [2.45, 2.75) is 6.92 Å². The smallest absolute Gasteiger partial charge is 0.255 e. The van der Waals surface area contributed by atoms with E-state index in [2.05, 4.69) is 10.6 Å². The van der Waals surface area contributed by atoms with Gasteiger partial charge in [0.1, 0.15) is 5.75 Å². The summed E-state index contributed by atoms with van der Waals surface area (Å²) in [6.07, 6.45) is 0. The van der Waals surface area contributed by atoms with Crippen LogP contribution < -0.4 is 15.4 Å². The van der Waals surface area contributed by atoms with Gasteiger partial charge in [0.25, 0.3) is 11.8 Å². The second-order valence-electron chi connectivity index (χ2n) is 6.02. The molecule has 0 atom stereocenters. The quantitative estimate of drug-likeness (QED) is 0.764. The van der Waals surface area contributed by atoms with Crippen molar-refractivity contribution in [3.8, 4) is 5.75 Å². The van der Waals surface area contributed by atoms with Crippen molar-refractivity contribution in [3.05, 3.63) is 59.7 Å². The fraction of sp³-hybridized carbons (Fsp3) is 0.300. The first-order valence-corrected chi connectivity index (χ1v) is 8.57. The Kier molecular flexibility index (Phi) is 7.17. The van der Waals surface area contributed by atoms with Gasteiger partial charge in [0.2, 0.25) is 0 Å². The minimum Gasteiger partial charge on any atom is -0.492 e. The molecule has 0 heterocycles. The van der Waals surface area contributed by atoms with Crippen LogP contribution in [0.3, 0.4) is 0 Å². The van der Waals surface area contributed by atoms with Crippen LogP contribution in [0.1, 0.15) is 27.6 Å². The lowest BCUT2D eigenvalue weighted by Crippen LogP contribution is -2.31. The number of carbonyl (C=O) groups excluding carboxylic acids is 2. The lowest BCUT2D eigenvalue weighted by Gasteiger charge is -2.12. The van der Waals surface area contributed by atoms with E-state index in [1.54, 1.807) is 36.4 Å². The first-order valence-electron chi connectivity index (χ1n) is 8.57. The molecule has 2 aromatic carbocycles. The van der Waals surface area contributed by atoms with Crippen LogP contribution in [0.4, 0.5) is 5.69 Å². The number of benzene rings is 2. The minimum absolute atomic E-state index is 0.198. The van der Waals surface area contributed by atoms with E-state index in [0.29, 0.717) is 35.7 Å². The third-order valence-electron chi connectivity index (χ3n) is 3.67. The lowest BCUT2D eigenvalue weighted by molar-refractivity contribution is 0.0951. The number of amides is 2. The van der Waals surface area contributed by atoms with Crippen molar-refractivity contribution in [2.75, 3.05) is 39.1 Å². The van der Waals surface area contributed by atoms with Gasteiger partial charge in [-0.25, -0.2) is 0 Å². The highest BCUT2D eigenvalue weighted by Gasteiger charge is 2.12. The molecule has 0 saturated carbocycles. The number of hydrogen-bond donors (Lipinski definition) is 2. The van der Waals surface area contributed by atoms with Crippen molar-refractivity contribution in [1.29, 1.82) is 0 Å². The van der Waals surface area contributed by atoms with Gasteiger partial charge in [0.15, 0.2) is 0 Å². The van der Waals surface area contributed by atoms with Gasteiger partial charge in [-0.05, 0) is 51.4 Å². The molecule has 0 unspecified atom stereocenters. The number of anilines is 1. The largest absolute Gasteiger partial charge is 0.492 e. The second-order valence-corrected chi connectivity index (χ2v) is 6.02. The number of hydrogen-bond acceptors (Lipinski definition) is 4. The van der Waals surface area contributed by atoms with E-state index in [4.69, 9.17) is 4.74 Å². The number of nitrogens with one attached hydrogen (secondary N) is 2. The summed E-state index contributed by atoms with van der Waals surface area (Å²) in [5, 5.41) is 5.67. The van der Waals surface area contributed by atoms with E-state index in [-0.39, 0.29) is 11.8 Å². The average Bonchev–Trinajstić information content (AvgIpc) is 2.63. The summed E-state index contributed by atoms with van der Waals surface area (Å²) < 4.78 is 5.52. The number of ether oxygens (including phenoxy) is 1. The summed E-state index contributed by atoms with van der Waals surface area (Å²) in [6, 6.07) is 13.9. The van der Waals surface area contributed by atoms with Crippen LogP contribution in [0.15, 0.2) is 48.5 Å². The molecular formula is C20H25N3O3. The van der Waals surface area contributed by atoms with Crippen LogP contribution >= 0.6 is 0 Å². The molecule has 0 bridgehead atoms. The van der Waals surface area contributed by atoms with E-state index in [0.717, 1.165) is 6.54 Å². The summed E-state index contributed by atoms with van der Waals surface area (Å²) in [6.45, 7) is 3.69. The molecule has 138 valence electrons. The third kappa shape index (κ3) is 5.60. The number of likely N-dealkylation sites (N-methyl/N-ethyl adjacent to an activating group) is 1. The minimum atomic E-state index is -0.292. The second kappa shape index (κ2) is 9.58. The zero-order chi connectivity index (χ0) is 18.9. The van der Waals surface area contributed by atoms with Crippen molar-refractivity contribution < 1.29 is 14.3 Å². The summed E-state index contributed by atoms with van der Waals surface area (Å²) in [4.78, 5) is 26.7. The Morgan fingerprint density at radius 1 is 1.00 bits per heavy atom. The Hall–Kier alpha value is -2.86. The summed E-state index contributed by atoms with van der Waals surface area (Å²) in [5.41, 5.74) is 1.46. The first-order chi connectivity index (χ1) is 12.5. The molecule has 2 N–H and O–H groups in total. The molecule has 2 amide bonds. The zero-order valence-corrected chi connectivity index (χ0v) is 15.4. The standard InChI is InChI=1S/C20H25N3O3/c1-4-26-18-11-6-5-10-17(18)22-20(25)16-9-7-8-15(14-16)19(24)21-12-13-23(2)3/h5-11,14H,4,12-13H2,1-3H3,(H,21,24)(H,22,25). The van der Waals surface area contributed by atoms with Crippen molar-refractivity contribution >= 4 is 17.5 Å². The van der Waals surface area contributed by atoms with Crippen molar-refractivity contribution in [1.82, 2.24) is 10.2 Å². The monoisotopic (exact) mass is 355 g/mol. The van der Waals surface area contributed by atoms with Crippen LogP contribution in [0, 0.1) is 0 Å². The van der Waals surface area contributed by atoms with E-state index in [9.17, 15) is 9.59 Å². The maximum Gasteiger partial charge on any atom is 0.255 e. The zero-order valence-electron chi connectivity index (χ0n) is 15.4. The van der Waals surface area contributed by atoms with Gasteiger partial charge < -0.3 is 20.3 Å². The fourth-order valence-corrected chi connectivity index (χ4v) is 2.34. The molecule has 0 aliphatic rings. The molecule has 26 heavy (non-hydrogen) atoms. The molecule has 0 aromatic heterocycles. The number of nitrogens with zero attached hydrogens (tertiary/aromatic N) is 1. The predicted molar refractivity (Wildman–Crippen MR) is 103 cm³/mol. The maximum atomic E-state index is 12.5. The van der Waals surface area contributed by atoms with Gasteiger partial charge >= 0.3 is 0 Å². The normalized spacial score (nSPS) is 10.5. The fourth-order valence-electron chi connectivity index (χ4n) is 2.34. The molecule has 0 radical (unpaired) electrons. The van der Waals surface area contributed by atoms with Gasteiger partial charge in [-0.3, -0.25) is 9.59 Å². The number of carbonyl (C=O) groups is 2. The topological polar surface area (TPSA) is 70.7 Å². The molecule has 0 fully saturated rings. The van der Waals surface area contributed by atoms with Crippen LogP contribution in [0.25, 0.3) is 0 Å². The van der Waals surface area contributed by atoms with Crippen molar-refractivity contribution in [2.24, 2.45) is 0 Å². The predicted octanol–water partition coefficient (Wildman–Crippen LogP) is 2.63. The van der Waals surface area contributed by atoms with Gasteiger partial charge in [0, 0.05) is 24.2 Å². The molecule has 2 rings (SSSR count). The molecule has 6 heteroatoms. The van der Waals surface area contributed by atoms with Gasteiger partial charge in [-0.15, -0.1) is 0 Å². The Balaban J connectivity index is 2.07. The summed E-state index contributed by atoms with van der Waals surface area (Å²) in [5.74, 6) is 0.122. The van der Waals surface area contributed by atoms with Gasteiger partial charge in [-0.2, -0.15) is 0 Å². The Labute approximate surface area is 154 Å². The van der Waals surface area contributed by atoms with Crippen LogP contribution in [-0.2, 0) is 0 Å². The van der Waals surface area contributed by atoms with E-state index >= 15 is 0 Å². The van der Waals surface area contributed by atoms with E-state index in [1.807, 2.05) is 38.1 Å². The van der Waals surface area contributed by atoms with E-state index < -0.39 is 0 Å². The highest BCUT2D eigenvalue weighted by molar-refractivity contribution is 6.06. The SMILES string of the molecule is CCOc1ccccc1NC(=O)c1cccc(C(=O)NCCN(C)C)c1. The van der Waals surface area contributed by atoms with Crippen LogP contribution in [0.5, 0.6) is 5.75 Å². The lowest BCUT2D eigenvalue weighted by atomic mass is 10.1. The highest BCUT2D eigenvalue weighted by atomic mass is 16.5. The Morgan fingerprint density at radius 2 is 1.69 bits per heavy atom. The number of para-hydroxylation sites is 2. The van der Waals surface area contributed by atoms with Gasteiger partial charge in [0.05, 0.1) is 12.3 Å². The molecule has 0 saturated heterocycles. The molecule has 6 nitrogen and oxygen atoms in total. The molecule has 0 spiro atoms. The maximum absolute atomic E-state index is 12.5. The summed E-state index contributed by atoms with van der Waals surface area (Å²) >= 11 is 0. The third-order valence-corrected chi connectivity index (χ3v) is 3.67. The molecule has 2 aromatic rings.